The van der Waals surface area contributed by atoms with E-state index in [1.807, 2.05) is 0 Å². The van der Waals surface area contributed by atoms with Gasteiger partial charge in [0.05, 0.1) is 11.9 Å². The highest BCUT2D eigenvalue weighted by Crippen LogP contribution is 2.25. The normalized spacial score (nSPS) is 10.4. The highest BCUT2D eigenvalue weighted by Gasteiger charge is 2.11. The second-order valence-electron chi connectivity index (χ2n) is 5.15. The van der Waals surface area contributed by atoms with Crippen molar-refractivity contribution in [3.63, 3.8) is 0 Å². The van der Waals surface area contributed by atoms with Gasteiger partial charge in [-0.1, -0.05) is 23.7 Å². The molecule has 0 bridgehead atoms. The Balaban J connectivity index is 1.77. The number of amides is 1. The molecule has 0 radical (unpaired) electrons. The number of hydrogen-bond donors (Lipinski definition) is 2. The summed E-state index contributed by atoms with van der Waals surface area (Å²) in [7, 11) is 0. The molecule has 25 heavy (non-hydrogen) atoms. The molecular weight excluding hydrogens is 348 g/mol. The van der Waals surface area contributed by atoms with Crippen molar-refractivity contribution in [3.8, 4) is 11.1 Å². The van der Waals surface area contributed by atoms with Crippen LogP contribution < -0.4 is 10.9 Å². The smallest absolute Gasteiger partial charge is 0.269 e. The predicted molar refractivity (Wildman–Crippen MR) is 92.1 cm³/mol. The molecule has 1 aromatic heterocycles. The minimum absolute atomic E-state index is 0.258. The highest BCUT2D eigenvalue weighted by molar-refractivity contribution is 6.30. The predicted octanol–water partition coefficient (Wildman–Crippen LogP) is 4.44. The molecule has 0 aliphatic heterocycles. The Bertz CT molecular complexity index is 899. The standard InChI is InChI=1S/C18H12ClF2N3O/c19-13-4-1-11(2-5-13)15-9-12(3-7-16(15)20)18(25)24-23-14-6-8-17(21)22-10-14/h1-10,23H,(H,24,25). The van der Waals surface area contributed by atoms with Gasteiger partial charge in [0.25, 0.3) is 5.91 Å². The topological polar surface area (TPSA) is 54.0 Å². The summed E-state index contributed by atoms with van der Waals surface area (Å²) in [6.07, 6.45) is 1.24. The fourth-order valence-corrected chi connectivity index (χ4v) is 2.29. The quantitative estimate of drug-likeness (QED) is 0.535. The van der Waals surface area contributed by atoms with Gasteiger partial charge in [0, 0.05) is 16.1 Å². The Morgan fingerprint density at radius 3 is 2.44 bits per heavy atom. The van der Waals surface area contributed by atoms with Crippen molar-refractivity contribution in [2.24, 2.45) is 0 Å². The lowest BCUT2D eigenvalue weighted by atomic mass is 10.0. The minimum atomic E-state index is -0.622. The number of nitrogens with zero attached hydrogens (tertiary/aromatic N) is 1. The van der Waals surface area contributed by atoms with E-state index in [1.54, 1.807) is 24.3 Å². The first kappa shape index (κ1) is 16.9. The Labute approximate surface area is 147 Å². The number of rotatable bonds is 4. The van der Waals surface area contributed by atoms with Crippen LogP contribution in [0.2, 0.25) is 5.02 Å². The summed E-state index contributed by atoms with van der Waals surface area (Å²) < 4.78 is 26.8. The number of hydrazine groups is 1. The summed E-state index contributed by atoms with van der Waals surface area (Å²) in [5.41, 5.74) is 6.62. The second kappa shape index (κ2) is 7.27. The zero-order valence-corrected chi connectivity index (χ0v) is 13.5. The van der Waals surface area contributed by atoms with E-state index >= 15 is 0 Å². The lowest BCUT2D eigenvalue weighted by Gasteiger charge is -2.10. The molecule has 3 rings (SSSR count). The van der Waals surface area contributed by atoms with Gasteiger partial charge in [-0.3, -0.25) is 15.6 Å². The molecule has 1 heterocycles. The van der Waals surface area contributed by atoms with Gasteiger partial charge in [-0.2, -0.15) is 4.39 Å². The van der Waals surface area contributed by atoms with Crippen LogP contribution in [0.1, 0.15) is 10.4 Å². The summed E-state index contributed by atoms with van der Waals surface area (Å²) in [5, 5.41) is 0.537. The van der Waals surface area contributed by atoms with Crippen LogP contribution in [0.25, 0.3) is 11.1 Å². The molecular formula is C18H12ClF2N3O. The van der Waals surface area contributed by atoms with E-state index in [0.29, 0.717) is 16.3 Å². The first-order valence-electron chi connectivity index (χ1n) is 7.26. The number of nitrogens with one attached hydrogen (secondary N) is 2. The summed E-state index contributed by atoms with van der Waals surface area (Å²) in [4.78, 5) is 15.7. The van der Waals surface area contributed by atoms with Crippen LogP contribution in [0.3, 0.4) is 0 Å². The van der Waals surface area contributed by atoms with Crippen molar-refractivity contribution < 1.29 is 13.6 Å². The molecule has 2 aromatic carbocycles. The van der Waals surface area contributed by atoms with Crippen molar-refractivity contribution >= 4 is 23.2 Å². The van der Waals surface area contributed by atoms with E-state index in [1.165, 1.54) is 30.5 Å². The van der Waals surface area contributed by atoms with Crippen LogP contribution in [0, 0.1) is 11.8 Å². The Kier molecular flexibility index (Phi) is 4.90. The lowest BCUT2D eigenvalue weighted by molar-refractivity contribution is 0.0962. The molecule has 1 amide bonds. The zero-order valence-electron chi connectivity index (χ0n) is 12.8. The summed E-state index contributed by atoms with van der Waals surface area (Å²) in [6.45, 7) is 0. The maximum Gasteiger partial charge on any atom is 0.269 e. The van der Waals surface area contributed by atoms with Crippen LogP contribution in [0.15, 0.2) is 60.8 Å². The van der Waals surface area contributed by atoms with Gasteiger partial charge in [-0.15, -0.1) is 0 Å². The van der Waals surface area contributed by atoms with E-state index in [2.05, 4.69) is 15.8 Å². The van der Waals surface area contributed by atoms with Crippen molar-refractivity contribution in [1.82, 2.24) is 10.4 Å². The molecule has 0 fully saturated rings. The molecule has 4 nitrogen and oxygen atoms in total. The molecule has 126 valence electrons. The molecule has 2 N–H and O–H groups in total. The highest BCUT2D eigenvalue weighted by atomic mass is 35.5. The molecule has 0 unspecified atom stereocenters. The largest absolute Gasteiger partial charge is 0.297 e. The van der Waals surface area contributed by atoms with Crippen LogP contribution in [0.5, 0.6) is 0 Å². The number of carbonyl (C=O) groups excluding carboxylic acids is 1. The number of pyridine rings is 1. The third kappa shape index (κ3) is 4.10. The molecule has 3 aromatic rings. The van der Waals surface area contributed by atoms with Crippen LogP contribution in [0.4, 0.5) is 14.5 Å². The van der Waals surface area contributed by atoms with Gasteiger partial charge in [0.2, 0.25) is 5.95 Å². The van der Waals surface area contributed by atoms with Crippen molar-refractivity contribution in [1.29, 1.82) is 0 Å². The molecule has 0 spiro atoms. The maximum absolute atomic E-state index is 14.1. The Morgan fingerprint density at radius 2 is 1.76 bits per heavy atom. The van der Waals surface area contributed by atoms with Crippen molar-refractivity contribution in [3.05, 3.63) is 83.1 Å². The number of benzene rings is 2. The SMILES string of the molecule is O=C(NNc1ccc(F)nc1)c1ccc(F)c(-c2ccc(Cl)cc2)c1. The number of anilines is 1. The number of carbonyl (C=O) groups is 1. The molecule has 0 aliphatic rings. The fourth-order valence-electron chi connectivity index (χ4n) is 2.17. The van der Waals surface area contributed by atoms with Crippen molar-refractivity contribution in [2.45, 2.75) is 0 Å². The van der Waals surface area contributed by atoms with Crippen molar-refractivity contribution in [2.75, 3.05) is 5.43 Å². The van der Waals surface area contributed by atoms with E-state index in [0.717, 1.165) is 6.07 Å². The number of hydrogen-bond acceptors (Lipinski definition) is 3. The first-order chi connectivity index (χ1) is 12.0. The average Bonchev–Trinajstić information content (AvgIpc) is 2.62. The van der Waals surface area contributed by atoms with Crippen LogP contribution >= 0.6 is 11.6 Å². The third-order valence-electron chi connectivity index (χ3n) is 3.43. The number of halogens is 3. The van der Waals surface area contributed by atoms with Gasteiger partial charge in [0.1, 0.15) is 5.82 Å². The summed E-state index contributed by atoms with van der Waals surface area (Å²) in [5.74, 6) is -1.54. The molecule has 7 heteroatoms. The molecule has 0 saturated carbocycles. The fraction of sp³-hybridized carbons (Fsp3) is 0. The van der Waals surface area contributed by atoms with Gasteiger partial charge in [-0.05, 0) is 48.0 Å². The van der Waals surface area contributed by atoms with E-state index in [-0.39, 0.29) is 11.1 Å². The third-order valence-corrected chi connectivity index (χ3v) is 3.68. The second-order valence-corrected chi connectivity index (χ2v) is 5.59. The lowest BCUT2D eigenvalue weighted by Crippen LogP contribution is -2.29. The van der Waals surface area contributed by atoms with Gasteiger partial charge < -0.3 is 0 Å². The van der Waals surface area contributed by atoms with E-state index < -0.39 is 17.7 Å². The zero-order chi connectivity index (χ0) is 17.8. The van der Waals surface area contributed by atoms with Crippen LogP contribution in [-0.4, -0.2) is 10.9 Å². The average molecular weight is 360 g/mol. The molecule has 0 atom stereocenters. The van der Waals surface area contributed by atoms with Gasteiger partial charge in [-0.25, -0.2) is 9.37 Å². The maximum atomic E-state index is 14.1. The van der Waals surface area contributed by atoms with Gasteiger partial charge in [0.15, 0.2) is 0 Å². The Hall–Kier alpha value is -2.99. The van der Waals surface area contributed by atoms with Gasteiger partial charge >= 0.3 is 0 Å². The van der Waals surface area contributed by atoms with E-state index in [9.17, 15) is 13.6 Å². The Morgan fingerprint density at radius 1 is 1.00 bits per heavy atom. The number of aromatic nitrogens is 1. The van der Waals surface area contributed by atoms with Crippen LogP contribution in [-0.2, 0) is 0 Å². The first-order valence-corrected chi connectivity index (χ1v) is 7.64. The molecule has 0 aliphatic carbocycles. The van der Waals surface area contributed by atoms with E-state index in [4.69, 9.17) is 11.6 Å². The monoisotopic (exact) mass is 359 g/mol. The summed E-state index contributed by atoms with van der Waals surface area (Å²) >= 11 is 5.84. The minimum Gasteiger partial charge on any atom is -0.297 e. The summed E-state index contributed by atoms with van der Waals surface area (Å²) in [6, 6.07) is 13.2. The molecule has 0 saturated heterocycles.